The van der Waals surface area contributed by atoms with Crippen molar-refractivity contribution in [2.75, 3.05) is 195 Å². The Morgan fingerprint density at radius 2 is 0.700 bits per heavy atom. The number of morpholine rings is 9. The molecule has 0 unspecified atom stereocenters. The Bertz CT molecular complexity index is 1590. The fourth-order valence-corrected chi connectivity index (χ4v) is 12.9. The van der Waals surface area contributed by atoms with Gasteiger partial charge in [-0.3, -0.25) is 44.1 Å². The zero-order valence-electron chi connectivity index (χ0n) is 64.1. The minimum absolute atomic E-state index is 0.290. The second-order valence-corrected chi connectivity index (χ2v) is 27.9. The van der Waals surface area contributed by atoms with Gasteiger partial charge < -0.3 is 42.6 Å². The quantitative estimate of drug-likeness (QED) is 0.207. The molecule has 9 rings (SSSR count). The maximum absolute atomic E-state index is 5.66. The number of hydrogen-bond donors (Lipinski definition) is 0. The molecule has 0 spiro atoms. The molecule has 0 aromatic carbocycles. The van der Waals surface area contributed by atoms with E-state index in [1.807, 2.05) is 0 Å². The van der Waals surface area contributed by atoms with Crippen LogP contribution in [0.3, 0.4) is 0 Å². The van der Waals surface area contributed by atoms with Gasteiger partial charge in [0.25, 0.3) is 0 Å². The van der Waals surface area contributed by atoms with Crippen molar-refractivity contribution in [1.29, 1.82) is 0 Å². The summed E-state index contributed by atoms with van der Waals surface area (Å²) in [7, 11) is 19.6. The lowest BCUT2D eigenvalue weighted by atomic mass is 9.97. The number of rotatable bonds is 10. The van der Waals surface area contributed by atoms with Gasteiger partial charge >= 0.3 is 0 Å². The minimum atomic E-state index is 0.290. The van der Waals surface area contributed by atoms with E-state index in [0.29, 0.717) is 90.9 Å². The molecule has 18 heteroatoms. The molecule has 540 valence electrons. The van der Waals surface area contributed by atoms with Crippen LogP contribution in [0.5, 0.6) is 0 Å². The molecule has 0 radical (unpaired) electrons. The summed E-state index contributed by atoms with van der Waals surface area (Å²) < 4.78 is 49.2. The van der Waals surface area contributed by atoms with Crippen LogP contribution in [0.15, 0.2) is 0 Å². The fraction of sp³-hybridized carbons (Fsp3) is 1.00. The molecule has 9 aliphatic heterocycles. The van der Waals surface area contributed by atoms with Gasteiger partial charge in [0, 0.05) is 112 Å². The van der Waals surface area contributed by atoms with Gasteiger partial charge in [-0.2, -0.15) is 0 Å². The first-order valence-electron chi connectivity index (χ1n) is 36.5. The first-order chi connectivity index (χ1) is 42.8. The monoisotopic (exact) mass is 1290 g/mol. The fourth-order valence-electron chi connectivity index (χ4n) is 12.9. The smallest absolute Gasteiger partial charge is 0.0702 e. The van der Waals surface area contributed by atoms with Gasteiger partial charge in [0.2, 0.25) is 0 Å². The molecule has 0 amide bonds. The molecule has 9 saturated heterocycles. The van der Waals surface area contributed by atoms with Crippen LogP contribution in [0.4, 0.5) is 0 Å². The van der Waals surface area contributed by atoms with Gasteiger partial charge in [-0.1, -0.05) is 69.2 Å². The Hall–Kier alpha value is -0.720. The summed E-state index contributed by atoms with van der Waals surface area (Å²) in [6.45, 7) is 56.7. The third kappa shape index (κ3) is 33.0. The van der Waals surface area contributed by atoms with Crippen molar-refractivity contribution >= 4 is 0 Å². The van der Waals surface area contributed by atoms with E-state index >= 15 is 0 Å². The number of hydrogen-bond acceptors (Lipinski definition) is 18. The number of ether oxygens (including phenoxy) is 9. The summed E-state index contributed by atoms with van der Waals surface area (Å²) in [5, 5.41) is 0. The van der Waals surface area contributed by atoms with Crippen LogP contribution in [0.2, 0.25) is 0 Å². The van der Waals surface area contributed by atoms with Gasteiger partial charge in [0.1, 0.15) is 0 Å². The van der Waals surface area contributed by atoms with E-state index in [2.05, 4.69) is 225 Å². The van der Waals surface area contributed by atoms with E-state index in [-0.39, 0.29) is 5.54 Å². The highest BCUT2D eigenvalue weighted by Crippen LogP contribution is 2.22. The highest BCUT2D eigenvalue weighted by atomic mass is 16.5. The van der Waals surface area contributed by atoms with Crippen molar-refractivity contribution in [3.8, 4) is 0 Å². The topological polar surface area (TPSA) is 112 Å². The molecule has 0 aliphatic carbocycles. The van der Waals surface area contributed by atoms with E-state index in [1.54, 1.807) is 0 Å². The van der Waals surface area contributed by atoms with Gasteiger partial charge in [0.05, 0.1) is 116 Å². The molecule has 0 aromatic rings. The Balaban J connectivity index is 0.000000506. The molecular formula is C72H153N9O9. The molecular weight excluding hydrogens is 1130 g/mol. The maximum Gasteiger partial charge on any atom is 0.0702 e. The van der Waals surface area contributed by atoms with Crippen molar-refractivity contribution in [1.82, 2.24) is 44.1 Å². The molecule has 9 fully saturated rings. The predicted molar refractivity (Wildman–Crippen MR) is 379 cm³/mol. The van der Waals surface area contributed by atoms with Crippen LogP contribution in [0.25, 0.3) is 0 Å². The van der Waals surface area contributed by atoms with Crippen molar-refractivity contribution in [2.24, 2.45) is 0 Å². The van der Waals surface area contributed by atoms with E-state index in [0.717, 1.165) is 138 Å². The van der Waals surface area contributed by atoms with Crippen LogP contribution in [0, 0.1) is 0 Å². The Morgan fingerprint density at radius 3 is 0.989 bits per heavy atom. The third-order valence-corrected chi connectivity index (χ3v) is 21.2. The van der Waals surface area contributed by atoms with Crippen LogP contribution >= 0.6 is 0 Å². The molecule has 18 nitrogen and oxygen atoms in total. The van der Waals surface area contributed by atoms with E-state index in [4.69, 9.17) is 42.6 Å². The van der Waals surface area contributed by atoms with Crippen molar-refractivity contribution in [3.05, 3.63) is 0 Å². The molecule has 0 aromatic heterocycles. The molecule has 9 heterocycles. The van der Waals surface area contributed by atoms with E-state index in [1.165, 1.54) is 57.8 Å². The number of likely N-dealkylation sites (N-methyl/N-ethyl adjacent to an activating group) is 9. The maximum atomic E-state index is 5.66. The molecule has 0 bridgehead atoms. The number of nitrogens with zero attached hydrogens (tertiary/aromatic N) is 9. The molecule has 90 heavy (non-hydrogen) atoms. The van der Waals surface area contributed by atoms with Crippen molar-refractivity contribution in [3.63, 3.8) is 0 Å². The van der Waals surface area contributed by atoms with Gasteiger partial charge in [-0.25, -0.2) is 0 Å². The Labute approximate surface area is 558 Å². The average molecular weight is 1290 g/mol. The SMILES string of the molecule is CC[C@@H]1CN(C)[C@H](CC)CO1.CC[C@@H]1COCCN1C.CC[C@@H]1COC[C@@H](C)N1C.CC[C@@H]1COC[C@H](C)N1C.CC[C@@H]1CO[C@@H](C)CN1C.CC[C@@H]1CO[C@H](C)CN1C.CC[C@@H]1[C@@H](C)OCCN1C.CC[C@@H]1[C@H](C)OCCN1C.CC[C@]1(C)COCCN1C. The van der Waals surface area contributed by atoms with Crippen molar-refractivity contribution < 1.29 is 42.6 Å². The first-order valence-corrected chi connectivity index (χ1v) is 36.5. The standard InChI is InChI=1S/C9H19NO.7C8H17NO.C7H15NO/c1-4-8-7-11-9(5-2)6-10(8)3;2*1-4-8-6-10-5-7(2)9(8)3;2*1-4-8-6-10-7(2)5-9(8)3;1-4-8(2)7-10-6-5-9(8)3;2*1-4-8-7(2)10-6-5-9(8)3;1-3-7-6-9-5-4-8(7)2/h8-9H,4-7H2,1-3H3;4*7-8H,4-6H2,1-3H3;4-7H2,1-3H3;2*7-8H,4-6H2,1-3H3;7H,3-6H2,1-2H3/t8-,9-;7-,8+;7-,8-;7-,8+;7-,8-;8-;7-,8+;7-,8-;7-/m101011011/s1. The second-order valence-electron chi connectivity index (χ2n) is 27.9. The average Bonchev–Trinajstić information content (AvgIpc) is 3.09. The Kier molecular flexibility index (Phi) is 48.2. The molecule has 0 saturated carbocycles. The normalized spacial score (nSPS) is 35.5. The van der Waals surface area contributed by atoms with Crippen LogP contribution in [-0.2, 0) is 42.6 Å². The zero-order valence-corrected chi connectivity index (χ0v) is 64.1. The van der Waals surface area contributed by atoms with Crippen molar-refractivity contribution in [2.45, 2.75) is 278 Å². The predicted octanol–water partition coefficient (Wildman–Crippen LogP) is 10.0. The lowest BCUT2D eigenvalue weighted by Gasteiger charge is -2.41. The summed E-state index contributed by atoms with van der Waals surface area (Å²) in [5.41, 5.74) is 0.290. The lowest BCUT2D eigenvalue weighted by molar-refractivity contribution is -0.0552. The third-order valence-electron chi connectivity index (χ3n) is 21.2. The van der Waals surface area contributed by atoms with Gasteiger partial charge in [-0.15, -0.1) is 0 Å². The summed E-state index contributed by atoms with van der Waals surface area (Å²) in [6.07, 6.45) is 14.0. The minimum Gasteiger partial charge on any atom is -0.378 e. The largest absolute Gasteiger partial charge is 0.378 e. The van der Waals surface area contributed by atoms with Gasteiger partial charge in [0.15, 0.2) is 0 Å². The highest BCUT2D eigenvalue weighted by molar-refractivity contribution is 4.86. The zero-order chi connectivity index (χ0) is 67.9. The Morgan fingerprint density at radius 1 is 0.333 bits per heavy atom. The lowest BCUT2D eigenvalue weighted by Crippen LogP contribution is -2.52. The van der Waals surface area contributed by atoms with E-state index in [9.17, 15) is 0 Å². The summed E-state index contributed by atoms with van der Waals surface area (Å²) >= 11 is 0. The summed E-state index contributed by atoms with van der Waals surface area (Å²) in [5.74, 6) is 0. The highest BCUT2D eigenvalue weighted by Gasteiger charge is 2.31. The molecule has 16 atom stereocenters. The second kappa shape index (κ2) is 49.7. The van der Waals surface area contributed by atoms with Crippen LogP contribution in [-0.4, -0.2) is 336 Å². The molecule has 0 N–H and O–H groups in total. The van der Waals surface area contributed by atoms with Gasteiger partial charge in [-0.05, 0) is 176 Å². The van der Waals surface area contributed by atoms with E-state index < -0.39 is 0 Å². The van der Waals surface area contributed by atoms with Crippen LogP contribution in [0.1, 0.15) is 182 Å². The van der Waals surface area contributed by atoms with Crippen LogP contribution < -0.4 is 0 Å². The first kappa shape index (κ1) is 87.3. The summed E-state index contributed by atoms with van der Waals surface area (Å²) in [6, 6.07) is 6.36. The summed E-state index contributed by atoms with van der Waals surface area (Å²) in [4.78, 5) is 21.5. The molecule has 9 aliphatic rings.